The minimum atomic E-state index is -0.0638. The van der Waals surface area contributed by atoms with Crippen LogP contribution in [0.4, 0.5) is 0 Å². The van der Waals surface area contributed by atoms with Crippen LogP contribution in [0.3, 0.4) is 0 Å². The molecule has 0 saturated carbocycles. The van der Waals surface area contributed by atoms with Gasteiger partial charge in [0.15, 0.2) is 0 Å². The summed E-state index contributed by atoms with van der Waals surface area (Å²) in [4.78, 5) is 12.2. The van der Waals surface area contributed by atoms with Gasteiger partial charge in [0, 0.05) is 18.8 Å². The van der Waals surface area contributed by atoms with Gasteiger partial charge in [-0.05, 0) is 24.4 Å². The first-order chi connectivity index (χ1) is 7.69. The molecule has 0 unspecified atom stereocenters. The highest BCUT2D eigenvalue weighted by molar-refractivity contribution is 6.35. The molecule has 4 heteroatoms. The van der Waals surface area contributed by atoms with E-state index in [0.717, 1.165) is 11.1 Å². The van der Waals surface area contributed by atoms with Gasteiger partial charge in [0.25, 0.3) is 5.56 Å². The summed E-state index contributed by atoms with van der Waals surface area (Å²) in [6.45, 7) is 2.88. The Hall–Kier alpha value is -1.32. The Morgan fingerprint density at radius 3 is 2.81 bits per heavy atom. The van der Waals surface area contributed by atoms with Crippen LogP contribution in [0, 0.1) is 0 Å². The third kappa shape index (κ3) is 1.62. The van der Waals surface area contributed by atoms with Crippen molar-refractivity contribution in [1.82, 2.24) is 4.57 Å². The van der Waals surface area contributed by atoms with Crippen LogP contribution >= 0.6 is 11.6 Å². The Kier molecular flexibility index (Phi) is 2.99. The van der Waals surface area contributed by atoms with Gasteiger partial charge in [0.05, 0.1) is 10.4 Å². The standard InChI is InChI=1S/C12H13ClN2O/c1-2-15-9(7-14)6-8-4-3-5-10(13)11(8)12(15)16/h3-6H,2,7,14H2,1H3. The fourth-order valence-corrected chi connectivity index (χ4v) is 2.19. The molecule has 2 aromatic rings. The molecular formula is C12H13ClN2O. The summed E-state index contributed by atoms with van der Waals surface area (Å²) in [5, 5.41) is 1.92. The first-order valence-electron chi connectivity index (χ1n) is 5.20. The van der Waals surface area contributed by atoms with Crippen molar-refractivity contribution in [1.29, 1.82) is 0 Å². The Labute approximate surface area is 98.4 Å². The van der Waals surface area contributed by atoms with Crippen molar-refractivity contribution in [3.8, 4) is 0 Å². The Balaban J connectivity index is 2.94. The van der Waals surface area contributed by atoms with Crippen LogP contribution in [0.5, 0.6) is 0 Å². The van der Waals surface area contributed by atoms with Crippen LogP contribution in [0.15, 0.2) is 29.1 Å². The average Bonchev–Trinajstić information content (AvgIpc) is 2.28. The van der Waals surface area contributed by atoms with Crippen molar-refractivity contribution >= 4 is 22.4 Å². The topological polar surface area (TPSA) is 48.0 Å². The van der Waals surface area contributed by atoms with Gasteiger partial charge in [0.1, 0.15) is 0 Å². The molecule has 0 aliphatic carbocycles. The Morgan fingerprint density at radius 1 is 1.44 bits per heavy atom. The zero-order valence-corrected chi connectivity index (χ0v) is 9.79. The predicted molar refractivity (Wildman–Crippen MR) is 66.8 cm³/mol. The molecule has 0 radical (unpaired) electrons. The molecule has 0 amide bonds. The van der Waals surface area contributed by atoms with Crippen LogP contribution < -0.4 is 11.3 Å². The second kappa shape index (κ2) is 4.28. The maximum atomic E-state index is 12.2. The molecule has 2 rings (SSSR count). The molecule has 0 aliphatic heterocycles. The SMILES string of the molecule is CCn1c(CN)cc2cccc(Cl)c2c1=O. The van der Waals surface area contributed by atoms with Crippen molar-refractivity contribution in [3.63, 3.8) is 0 Å². The molecule has 0 atom stereocenters. The first kappa shape index (κ1) is 11.2. The van der Waals surface area contributed by atoms with Gasteiger partial charge < -0.3 is 10.3 Å². The number of nitrogens with zero attached hydrogens (tertiary/aromatic N) is 1. The van der Waals surface area contributed by atoms with E-state index in [1.165, 1.54) is 0 Å². The van der Waals surface area contributed by atoms with Gasteiger partial charge in [0.2, 0.25) is 0 Å². The first-order valence-corrected chi connectivity index (χ1v) is 5.57. The minimum Gasteiger partial charge on any atom is -0.325 e. The summed E-state index contributed by atoms with van der Waals surface area (Å²) in [6, 6.07) is 7.36. The van der Waals surface area contributed by atoms with Crippen LogP contribution in [0.1, 0.15) is 12.6 Å². The number of fused-ring (bicyclic) bond motifs is 1. The van der Waals surface area contributed by atoms with E-state index < -0.39 is 0 Å². The van der Waals surface area contributed by atoms with E-state index in [2.05, 4.69) is 0 Å². The molecule has 1 aromatic heterocycles. The summed E-state index contributed by atoms with van der Waals surface area (Å²) < 4.78 is 1.66. The molecule has 0 saturated heterocycles. The lowest BCUT2D eigenvalue weighted by Gasteiger charge is -2.11. The molecule has 1 aromatic carbocycles. The van der Waals surface area contributed by atoms with Gasteiger partial charge in [-0.15, -0.1) is 0 Å². The van der Waals surface area contributed by atoms with E-state index in [4.69, 9.17) is 17.3 Å². The maximum absolute atomic E-state index is 12.2. The van der Waals surface area contributed by atoms with Crippen molar-refractivity contribution in [2.75, 3.05) is 0 Å². The molecule has 2 N–H and O–H groups in total. The number of rotatable bonds is 2. The van der Waals surface area contributed by atoms with E-state index in [1.807, 2.05) is 25.1 Å². The van der Waals surface area contributed by atoms with Crippen molar-refractivity contribution in [2.45, 2.75) is 20.0 Å². The van der Waals surface area contributed by atoms with Crippen LogP contribution in [-0.2, 0) is 13.1 Å². The van der Waals surface area contributed by atoms with Gasteiger partial charge in [-0.2, -0.15) is 0 Å². The molecular weight excluding hydrogens is 224 g/mol. The van der Waals surface area contributed by atoms with Gasteiger partial charge >= 0.3 is 0 Å². The van der Waals surface area contributed by atoms with E-state index in [1.54, 1.807) is 10.6 Å². The van der Waals surface area contributed by atoms with Crippen LogP contribution in [0.2, 0.25) is 5.02 Å². The van der Waals surface area contributed by atoms with Crippen molar-refractivity contribution < 1.29 is 0 Å². The predicted octanol–water partition coefficient (Wildman–Crippen LogP) is 2.13. The Bertz CT molecular complexity index is 589. The smallest absolute Gasteiger partial charge is 0.260 e. The molecule has 0 fully saturated rings. The van der Waals surface area contributed by atoms with E-state index >= 15 is 0 Å². The third-order valence-corrected chi connectivity index (χ3v) is 3.01. The molecule has 1 heterocycles. The maximum Gasteiger partial charge on any atom is 0.260 e. The molecule has 0 aliphatic rings. The largest absolute Gasteiger partial charge is 0.325 e. The van der Waals surface area contributed by atoms with Crippen molar-refractivity contribution in [2.24, 2.45) is 5.73 Å². The van der Waals surface area contributed by atoms with Crippen LogP contribution in [-0.4, -0.2) is 4.57 Å². The lowest BCUT2D eigenvalue weighted by atomic mass is 10.1. The lowest BCUT2D eigenvalue weighted by Crippen LogP contribution is -2.24. The highest BCUT2D eigenvalue weighted by Crippen LogP contribution is 2.20. The highest BCUT2D eigenvalue weighted by atomic mass is 35.5. The zero-order valence-electron chi connectivity index (χ0n) is 9.03. The lowest BCUT2D eigenvalue weighted by molar-refractivity contribution is 0.683. The van der Waals surface area contributed by atoms with E-state index in [9.17, 15) is 4.79 Å². The van der Waals surface area contributed by atoms with Crippen LogP contribution in [0.25, 0.3) is 10.8 Å². The third-order valence-electron chi connectivity index (χ3n) is 2.70. The second-order valence-electron chi connectivity index (χ2n) is 3.59. The number of aromatic nitrogens is 1. The fraction of sp³-hybridized carbons (Fsp3) is 0.250. The summed E-state index contributed by atoms with van der Waals surface area (Å²) in [5.74, 6) is 0. The molecule has 16 heavy (non-hydrogen) atoms. The second-order valence-corrected chi connectivity index (χ2v) is 4.00. The number of hydrogen-bond acceptors (Lipinski definition) is 2. The summed E-state index contributed by atoms with van der Waals surface area (Å²) in [7, 11) is 0. The van der Waals surface area contributed by atoms with Gasteiger partial charge in [-0.25, -0.2) is 0 Å². The monoisotopic (exact) mass is 236 g/mol. The molecule has 84 valence electrons. The van der Waals surface area contributed by atoms with E-state index in [-0.39, 0.29) is 5.56 Å². The number of hydrogen-bond donors (Lipinski definition) is 1. The van der Waals surface area contributed by atoms with Crippen molar-refractivity contribution in [3.05, 3.63) is 45.3 Å². The Morgan fingerprint density at radius 2 is 2.19 bits per heavy atom. The van der Waals surface area contributed by atoms with E-state index in [0.29, 0.717) is 23.5 Å². The zero-order chi connectivity index (χ0) is 11.7. The average molecular weight is 237 g/mol. The fourth-order valence-electron chi connectivity index (χ4n) is 1.93. The quantitative estimate of drug-likeness (QED) is 0.869. The number of benzene rings is 1. The summed E-state index contributed by atoms with van der Waals surface area (Å²) in [6.07, 6.45) is 0. The summed E-state index contributed by atoms with van der Waals surface area (Å²) in [5.41, 5.74) is 6.40. The summed E-state index contributed by atoms with van der Waals surface area (Å²) >= 11 is 6.04. The van der Waals surface area contributed by atoms with Gasteiger partial charge in [-0.1, -0.05) is 23.7 Å². The van der Waals surface area contributed by atoms with Gasteiger partial charge in [-0.3, -0.25) is 4.79 Å². The molecule has 0 bridgehead atoms. The highest BCUT2D eigenvalue weighted by Gasteiger charge is 2.09. The normalized spacial score (nSPS) is 10.9. The minimum absolute atomic E-state index is 0.0638. The molecule has 3 nitrogen and oxygen atoms in total. The number of pyridine rings is 1. The number of halogens is 1. The molecule has 0 spiro atoms. The number of nitrogens with two attached hydrogens (primary N) is 1.